The third-order valence-corrected chi connectivity index (χ3v) is 4.70. The fourth-order valence-corrected chi connectivity index (χ4v) is 3.83. The van der Waals surface area contributed by atoms with E-state index in [1.54, 1.807) is 0 Å². The van der Waals surface area contributed by atoms with Crippen molar-refractivity contribution >= 4 is 11.3 Å². The van der Waals surface area contributed by atoms with E-state index in [4.69, 9.17) is 0 Å². The highest BCUT2D eigenvalue weighted by Crippen LogP contribution is 2.38. The summed E-state index contributed by atoms with van der Waals surface area (Å²) >= 11 is 1.85. The SMILES string of the molecule is CNCc1cnc(C2CCCc3ccccc32)s1. The second-order valence-electron chi connectivity index (χ2n) is 4.84. The molecule has 1 N–H and O–H groups in total. The van der Waals surface area contributed by atoms with Crippen molar-refractivity contribution in [1.82, 2.24) is 10.3 Å². The summed E-state index contributed by atoms with van der Waals surface area (Å²) in [6.07, 6.45) is 5.77. The number of nitrogens with one attached hydrogen (secondary N) is 1. The Morgan fingerprint density at radius 1 is 1.39 bits per heavy atom. The van der Waals surface area contributed by atoms with Gasteiger partial charge in [0, 0.05) is 23.5 Å². The van der Waals surface area contributed by atoms with Crippen LogP contribution in [0.15, 0.2) is 30.5 Å². The Balaban J connectivity index is 1.92. The van der Waals surface area contributed by atoms with Crippen molar-refractivity contribution in [3.8, 4) is 0 Å². The van der Waals surface area contributed by atoms with Crippen LogP contribution in [0.4, 0.5) is 0 Å². The highest BCUT2D eigenvalue weighted by molar-refractivity contribution is 7.11. The molecule has 0 fully saturated rings. The van der Waals surface area contributed by atoms with Gasteiger partial charge in [0.1, 0.15) is 5.01 Å². The van der Waals surface area contributed by atoms with Gasteiger partial charge in [0.25, 0.3) is 0 Å². The lowest BCUT2D eigenvalue weighted by Gasteiger charge is -2.23. The van der Waals surface area contributed by atoms with Crippen LogP contribution in [-0.2, 0) is 13.0 Å². The zero-order valence-electron chi connectivity index (χ0n) is 10.6. The third-order valence-electron chi connectivity index (χ3n) is 3.59. The minimum absolute atomic E-state index is 0.519. The number of benzene rings is 1. The number of aryl methyl sites for hydroxylation is 1. The van der Waals surface area contributed by atoms with Crippen molar-refractivity contribution in [2.24, 2.45) is 0 Å². The van der Waals surface area contributed by atoms with E-state index in [9.17, 15) is 0 Å². The van der Waals surface area contributed by atoms with Gasteiger partial charge >= 0.3 is 0 Å². The van der Waals surface area contributed by atoms with E-state index in [-0.39, 0.29) is 0 Å². The van der Waals surface area contributed by atoms with Crippen LogP contribution in [0.3, 0.4) is 0 Å². The third kappa shape index (κ3) is 2.20. The van der Waals surface area contributed by atoms with Crippen molar-refractivity contribution in [3.63, 3.8) is 0 Å². The molecule has 0 saturated carbocycles. The number of nitrogens with zero attached hydrogens (tertiary/aromatic N) is 1. The Hall–Kier alpha value is -1.19. The first-order valence-corrected chi connectivity index (χ1v) is 7.37. The van der Waals surface area contributed by atoms with Crippen LogP contribution in [0.2, 0.25) is 0 Å². The summed E-state index contributed by atoms with van der Waals surface area (Å²) in [5.41, 5.74) is 3.01. The summed E-state index contributed by atoms with van der Waals surface area (Å²) < 4.78 is 0. The number of hydrogen-bond acceptors (Lipinski definition) is 3. The molecule has 3 rings (SSSR count). The average Bonchev–Trinajstić information content (AvgIpc) is 2.87. The van der Waals surface area contributed by atoms with Crippen molar-refractivity contribution in [1.29, 1.82) is 0 Å². The summed E-state index contributed by atoms with van der Waals surface area (Å²) in [5.74, 6) is 0.519. The molecule has 2 nitrogen and oxygen atoms in total. The predicted octanol–water partition coefficient (Wildman–Crippen LogP) is 3.33. The predicted molar refractivity (Wildman–Crippen MR) is 76.1 cm³/mol. The van der Waals surface area contributed by atoms with E-state index in [1.807, 2.05) is 24.6 Å². The van der Waals surface area contributed by atoms with Gasteiger partial charge in [-0.05, 0) is 37.4 Å². The molecule has 1 atom stereocenters. The van der Waals surface area contributed by atoms with Crippen molar-refractivity contribution in [2.45, 2.75) is 31.7 Å². The van der Waals surface area contributed by atoms with Gasteiger partial charge in [-0.2, -0.15) is 0 Å². The molecule has 0 saturated heterocycles. The van der Waals surface area contributed by atoms with Gasteiger partial charge in [-0.1, -0.05) is 24.3 Å². The van der Waals surface area contributed by atoms with Gasteiger partial charge in [0.15, 0.2) is 0 Å². The first-order valence-electron chi connectivity index (χ1n) is 6.55. The molecular formula is C15H18N2S. The molecule has 0 aliphatic heterocycles. The Kier molecular flexibility index (Phi) is 3.43. The molecule has 0 bridgehead atoms. The largest absolute Gasteiger partial charge is 0.315 e. The minimum atomic E-state index is 0.519. The number of hydrogen-bond donors (Lipinski definition) is 1. The Labute approximate surface area is 112 Å². The highest BCUT2D eigenvalue weighted by atomic mass is 32.1. The Bertz CT molecular complexity index is 533. The van der Waals surface area contributed by atoms with Crippen LogP contribution in [0.1, 0.15) is 39.8 Å². The minimum Gasteiger partial charge on any atom is -0.315 e. The number of rotatable bonds is 3. The van der Waals surface area contributed by atoms with Crippen LogP contribution in [0.5, 0.6) is 0 Å². The smallest absolute Gasteiger partial charge is 0.100 e. The molecule has 0 amide bonds. The van der Waals surface area contributed by atoms with E-state index in [0.29, 0.717) is 5.92 Å². The number of fused-ring (bicyclic) bond motifs is 1. The highest BCUT2D eigenvalue weighted by Gasteiger charge is 2.23. The molecule has 0 radical (unpaired) electrons. The standard InChI is InChI=1S/C15H18N2S/c1-16-9-12-10-17-15(18-12)14-8-4-6-11-5-2-3-7-13(11)14/h2-3,5,7,10,14,16H,4,6,8-9H2,1H3. The fraction of sp³-hybridized carbons (Fsp3) is 0.400. The topological polar surface area (TPSA) is 24.9 Å². The van der Waals surface area contributed by atoms with Gasteiger partial charge in [0.05, 0.1) is 0 Å². The van der Waals surface area contributed by atoms with E-state index >= 15 is 0 Å². The molecule has 1 aliphatic rings. The van der Waals surface area contributed by atoms with E-state index in [1.165, 1.54) is 40.3 Å². The van der Waals surface area contributed by atoms with Gasteiger partial charge in [-0.25, -0.2) is 4.98 Å². The maximum absolute atomic E-state index is 4.64. The van der Waals surface area contributed by atoms with Crippen molar-refractivity contribution < 1.29 is 0 Å². The van der Waals surface area contributed by atoms with E-state index in [0.717, 1.165) is 6.54 Å². The quantitative estimate of drug-likeness (QED) is 0.913. The zero-order chi connectivity index (χ0) is 12.4. The molecule has 1 aromatic carbocycles. The van der Waals surface area contributed by atoms with Crippen LogP contribution >= 0.6 is 11.3 Å². The number of aromatic nitrogens is 1. The normalized spacial score (nSPS) is 18.6. The summed E-state index contributed by atoms with van der Waals surface area (Å²) in [7, 11) is 1.98. The summed E-state index contributed by atoms with van der Waals surface area (Å²) in [4.78, 5) is 5.97. The van der Waals surface area contributed by atoms with Gasteiger partial charge in [-0.3, -0.25) is 0 Å². The van der Waals surface area contributed by atoms with E-state index in [2.05, 4.69) is 34.6 Å². The van der Waals surface area contributed by atoms with Gasteiger partial charge in [-0.15, -0.1) is 11.3 Å². The molecule has 1 unspecified atom stereocenters. The van der Waals surface area contributed by atoms with Crippen LogP contribution in [0, 0.1) is 0 Å². The van der Waals surface area contributed by atoms with Crippen LogP contribution in [0.25, 0.3) is 0 Å². The molecule has 2 aromatic rings. The summed E-state index contributed by atoms with van der Waals surface area (Å²) in [5, 5.41) is 4.47. The lowest BCUT2D eigenvalue weighted by molar-refractivity contribution is 0.613. The molecule has 1 aliphatic carbocycles. The van der Waals surface area contributed by atoms with Crippen molar-refractivity contribution in [2.75, 3.05) is 7.05 Å². The first-order chi connectivity index (χ1) is 8.88. The maximum atomic E-state index is 4.64. The monoisotopic (exact) mass is 258 g/mol. The van der Waals surface area contributed by atoms with Crippen molar-refractivity contribution in [3.05, 3.63) is 51.5 Å². The van der Waals surface area contributed by atoms with Gasteiger partial charge in [0.2, 0.25) is 0 Å². The molecule has 0 spiro atoms. The van der Waals surface area contributed by atoms with Gasteiger partial charge < -0.3 is 5.32 Å². The summed E-state index contributed by atoms with van der Waals surface area (Å²) in [6.45, 7) is 0.923. The molecule has 1 heterocycles. The molecular weight excluding hydrogens is 240 g/mol. The average molecular weight is 258 g/mol. The molecule has 3 heteroatoms. The molecule has 94 valence electrons. The first kappa shape index (κ1) is 11.9. The second kappa shape index (κ2) is 5.21. The molecule has 18 heavy (non-hydrogen) atoms. The summed E-state index contributed by atoms with van der Waals surface area (Å²) in [6, 6.07) is 8.84. The van der Waals surface area contributed by atoms with Crippen LogP contribution in [-0.4, -0.2) is 12.0 Å². The van der Waals surface area contributed by atoms with Crippen LogP contribution < -0.4 is 5.32 Å². The number of thiazole rings is 1. The second-order valence-corrected chi connectivity index (χ2v) is 5.99. The fourth-order valence-electron chi connectivity index (χ4n) is 2.75. The molecule has 1 aromatic heterocycles. The van der Waals surface area contributed by atoms with E-state index < -0.39 is 0 Å². The lowest BCUT2D eigenvalue weighted by Crippen LogP contribution is -2.10. The maximum Gasteiger partial charge on any atom is 0.100 e. The lowest BCUT2D eigenvalue weighted by atomic mass is 9.83. The Morgan fingerprint density at radius 2 is 2.28 bits per heavy atom. The zero-order valence-corrected chi connectivity index (χ0v) is 11.5. The Morgan fingerprint density at radius 3 is 3.17 bits per heavy atom.